The van der Waals surface area contributed by atoms with Crippen LogP contribution in [0, 0.1) is 10.1 Å². The summed E-state index contributed by atoms with van der Waals surface area (Å²) in [5.41, 5.74) is 3.35. The number of nitrogens with one attached hydrogen (secondary N) is 2. The number of aromatic hydroxyl groups is 1. The molecule has 0 heterocycles. The molecule has 0 aliphatic rings. The number of phenols is 1. The summed E-state index contributed by atoms with van der Waals surface area (Å²) in [7, 11) is 1.58. The van der Waals surface area contributed by atoms with E-state index in [2.05, 4.69) is 15.8 Å². The number of benzene rings is 2. The van der Waals surface area contributed by atoms with Gasteiger partial charge in [0.1, 0.15) is 11.5 Å². The van der Waals surface area contributed by atoms with Crippen LogP contribution in [0.4, 0.5) is 11.4 Å². The van der Waals surface area contributed by atoms with E-state index in [1.54, 1.807) is 31.4 Å². The molecule has 2 aromatic rings. The van der Waals surface area contributed by atoms with Crippen molar-refractivity contribution in [1.29, 1.82) is 0 Å². The lowest BCUT2D eigenvalue weighted by Crippen LogP contribution is -2.23. The fourth-order valence-electron chi connectivity index (χ4n) is 1.75. The van der Waals surface area contributed by atoms with Gasteiger partial charge in [-0.15, -0.1) is 0 Å². The predicted octanol–water partition coefficient (Wildman–Crippen LogP) is 2.63. The smallest absolute Gasteiger partial charge is 0.270 e. The van der Waals surface area contributed by atoms with E-state index < -0.39 is 4.92 Å². The fourth-order valence-corrected chi connectivity index (χ4v) is 1.92. The molecule has 0 spiro atoms. The zero-order valence-electron chi connectivity index (χ0n) is 12.6. The second kappa shape index (κ2) is 7.88. The number of hydrazone groups is 1. The van der Waals surface area contributed by atoms with Gasteiger partial charge in [0.2, 0.25) is 0 Å². The van der Waals surface area contributed by atoms with Crippen LogP contribution in [0.3, 0.4) is 0 Å². The highest BCUT2D eigenvalue weighted by atomic mass is 32.1. The highest BCUT2D eigenvalue weighted by Gasteiger charge is 2.08. The Morgan fingerprint density at radius 2 is 2.04 bits per heavy atom. The lowest BCUT2D eigenvalue weighted by Gasteiger charge is -2.07. The van der Waals surface area contributed by atoms with Gasteiger partial charge in [-0.2, -0.15) is 5.10 Å². The maximum atomic E-state index is 10.7. The maximum absolute atomic E-state index is 10.7. The number of methoxy groups -OCH3 is 1. The zero-order chi connectivity index (χ0) is 17.5. The third-order valence-electron chi connectivity index (χ3n) is 2.94. The molecule has 0 unspecified atom stereocenters. The SMILES string of the molecule is COc1ccc(NC(=S)N/N=C/c2cc([N+](=O)[O-])ccc2O)cc1. The fraction of sp³-hybridized carbons (Fsp3) is 0.0667. The van der Waals surface area contributed by atoms with E-state index >= 15 is 0 Å². The van der Waals surface area contributed by atoms with Crippen LogP contribution in [0.2, 0.25) is 0 Å². The molecule has 2 rings (SSSR count). The molecule has 0 aliphatic carbocycles. The van der Waals surface area contributed by atoms with Crippen LogP contribution in [0.5, 0.6) is 11.5 Å². The molecular formula is C15H14N4O4S. The summed E-state index contributed by atoms with van der Waals surface area (Å²) in [6, 6.07) is 10.8. The number of thiocarbonyl (C=S) groups is 1. The molecule has 0 atom stereocenters. The largest absolute Gasteiger partial charge is 0.507 e. The van der Waals surface area contributed by atoms with Gasteiger partial charge in [-0.3, -0.25) is 15.5 Å². The number of nitro benzene ring substituents is 1. The van der Waals surface area contributed by atoms with Gasteiger partial charge in [-0.25, -0.2) is 0 Å². The van der Waals surface area contributed by atoms with Gasteiger partial charge >= 0.3 is 0 Å². The minimum atomic E-state index is -0.555. The Morgan fingerprint density at radius 3 is 2.67 bits per heavy atom. The minimum Gasteiger partial charge on any atom is -0.507 e. The summed E-state index contributed by atoms with van der Waals surface area (Å²) in [5, 5.41) is 27.4. The summed E-state index contributed by atoms with van der Waals surface area (Å²) >= 11 is 5.07. The molecule has 9 heteroatoms. The molecule has 0 bridgehead atoms. The Morgan fingerprint density at radius 1 is 1.33 bits per heavy atom. The summed E-state index contributed by atoms with van der Waals surface area (Å²) in [6.07, 6.45) is 1.24. The molecule has 0 aromatic heterocycles. The number of rotatable bonds is 5. The number of nitro groups is 1. The van der Waals surface area contributed by atoms with E-state index in [1.165, 1.54) is 24.4 Å². The van der Waals surface area contributed by atoms with Gasteiger partial charge in [-0.1, -0.05) is 0 Å². The minimum absolute atomic E-state index is 0.125. The van der Waals surface area contributed by atoms with Crippen molar-refractivity contribution in [2.75, 3.05) is 12.4 Å². The van der Waals surface area contributed by atoms with Gasteiger partial charge in [0, 0.05) is 23.4 Å². The van der Waals surface area contributed by atoms with Gasteiger partial charge in [0.15, 0.2) is 5.11 Å². The van der Waals surface area contributed by atoms with Gasteiger partial charge in [0.05, 0.1) is 18.2 Å². The van der Waals surface area contributed by atoms with Crippen LogP contribution >= 0.6 is 12.2 Å². The molecule has 0 amide bonds. The third-order valence-corrected chi connectivity index (χ3v) is 3.13. The van der Waals surface area contributed by atoms with E-state index in [0.29, 0.717) is 0 Å². The Labute approximate surface area is 142 Å². The van der Waals surface area contributed by atoms with Crippen molar-refractivity contribution in [3.05, 3.63) is 58.1 Å². The monoisotopic (exact) mass is 346 g/mol. The molecule has 124 valence electrons. The molecule has 24 heavy (non-hydrogen) atoms. The van der Waals surface area contributed by atoms with Gasteiger partial charge in [-0.05, 0) is 42.5 Å². The first kappa shape index (κ1) is 17.2. The van der Waals surface area contributed by atoms with E-state index in [9.17, 15) is 15.2 Å². The normalized spacial score (nSPS) is 10.4. The number of nitrogens with zero attached hydrogens (tertiary/aromatic N) is 2. The van der Waals surface area contributed by atoms with Crippen LogP contribution < -0.4 is 15.5 Å². The Kier molecular flexibility index (Phi) is 5.63. The molecular weight excluding hydrogens is 332 g/mol. The Bertz CT molecular complexity index is 778. The van der Waals surface area contributed by atoms with Crippen LogP contribution in [0.25, 0.3) is 0 Å². The van der Waals surface area contributed by atoms with E-state index in [-0.39, 0.29) is 22.1 Å². The Balaban J connectivity index is 1.96. The average molecular weight is 346 g/mol. The van der Waals surface area contributed by atoms with E-state index in [1.807, 2.05) is 0 Å². The van der Waals surface area contributed by atoms with Gasteiger partial charge in [0.25, 0.3) is 5.69 Å². The third kappa shape index (κ3) is 4.65. The summed E-state index contributed by atoms with van der Waals surface area (Å²) < 4.78 is 5.05. The number of hydrogen-bond acceptors (Lipinski definition) is 6. The van der Waals surface area contributed by atoms with Crippen molar-refractivity contribution in [2.24, 2.45) is 5.10 Å². The Hall–Kier alpha value is -3.20. The first-order chi connectivity index (χ1) is 11.5. The lowest BCUT2D eigenvalue weighted by atomic mass is 10.2. The second-order valence-electron chi connectivity index (χ2n) is 4.55. The molecule has 0 aliphatic heterocycles. The highest BCUT2D eigenvalue weighted by Crippen LogP contribution is 2.21. The lowest BCUT2D eigenvalue weighted by molar-refractivity contribution is -0.384. The van der Waals surface area contributed by atoms with Crippen molar-refractivity contribution in [1.82, 2.24) is 5.43 Å². The predicted molar refractivity (Wildman–Crippen MR) is 94.7 cm³/mol. The van der Waals surface area contributed by atoms with E-state index in [0.717, 1.165) is 11.4 Å². The van der Waals surface area contributed by atoms with Crippen LogP contribution in [-0.2, 0) is 0 Å². The molecule has 0 saturated carbocycles. The van der Waals surface area contributed by atoms with Crippen molar-refractivity contribution in [3.8, 4) is 11.5 Å². The summed E-state index contributed by atoms with van der Waals surface area (Å²) in [5.74, 6) is 0.596. The van der Waals surface area contributed by atoms with Crippen molar-refractivity contribution in [3.63, 3.8) is 0 Å². The van der Waals surface area contributed by atoms with Gasteiger partial charge < -0.3 is 15.2 Å². The van der Waals surface area contributed by atoms with Crippen molar-refractivity contribution < 1.29 is 14.8 Å². The summed E-state index contributed by atoms with van der Waals surface area (Å²) in [6.45, 7) is 0. The number of ether oxygens (including phenoxy) is 1. The standard InChI is InChI=1S/C15H14N4O4S/c1-23-13-5-2-11(3-6-13)17-15(24)18-16-9-10-8-12(19(21)22)4-7-14(10)20/h2-9,20H,1H3,(H2,17,18,24)/b16-9+. The first-order valence-electron chi connectivity index (χ1n) is 6.71. The molecule has 0 radical (unpaired) electrons. The topological polar surface area (TPSA) is 109 Å². The quantitative estimate of drug-likeness (QED) is 0.330. The summed E-state index contributed by atoms with van der Waals surface area (Å²) in [4.78, 5) is 10.2. The van der Waals surface area contributed by atoms with Crippen LogP contribution in [0.1, 0.15) is 5.56 Å². The van der Waals surface area contributed by atoms with E-state index in [4.69, 9.17) is 17.0 Å². The number of phenolic OH excluding ortho intramolecular Hbond substituents is 1. The second-order valence-corrected chi connectivity index (χ2v) is 4.96. The molecule has 8 nitrogen and oxygen atoms in total. The molecule has 2 aromatic carbocycles. The molecule has 3 N–H and O–H groups in total. The van der Waals surface area contributed by atoms with Crippen molar-refractivity contribution in [2.45, 2.75) is 0 Å². The highest BCUT2D eigenvalue weighted by molar-refractivity contribution is 7.80. The zero-order valence-corrected chi connectivity index (χ0v) is 13.4. The number of non-ortho nitro benzene ring substituents is 1. The van der Waals surface area contributed by atoms with Crippen molar-refractivity contribution >= 4 is 34.9 Å². The molecule has 0 fully saturated rings. The first-order valence-corrected chi connectivity index (χ1v) is 7.12. The maximum Gasteiger partial charge on any atom is 0.270 e. The molecule has 0 saturated heterocycles. The number of anilines is 1. The van der Waals surface area contributed by atoms with Crippen LogP contribution in [0.15, 0.2) is 47.6 Å². The average Bonchev–Trinajstić information content (AvgIpc) is 2.57. The number of hydrogen-bond donors (Lipinski definition) is 3. The van der Waals surface area contributed by atoms with Crippen LogP contribution in [-0.4, -0.2) is 28.5 Å².